The van der Waals surface area contributed by atoms with Gasteiger partial charge in [0.15, 0.2) is 0 Å². The van der Waals surface area contributed by atoms with Crippen LogP contribution in [0.4, 0.5) is 0 Å². The molecular formula is C19H25NO. The van der Waals surface area contributed by atoms with E-state index in [0.29, 0.717) is 0 Å². The summed E-state index contributed by atoms with van der Waals surface area (Å²) in [4.78, 5) is 0. The Morgan fingerprint density at radius 2 is 1.67 bits per heavy atom. The summed E-state index contributed by atoms with van der Waals surface area (Å²) < 4.78 is 5.97. The van der Waals surface area contributed by atoms with Gasteiger partial charge in [-0.2, -0.15) is 0 Å². The van der Waals surface area contributed by atoms with E-state index in [0.717, 1.165) is 23.6 Å². The molecule has 0 unspecified atom stereocenters. The van der Waals surface area contributed by atoms with Crippen LogP contribution in [0, 0.1) is 13.8 Å². The van der Waals surface area contributed by atoms with Crippen LogP contribution in [0.3, 0.4) is 0 Å². The molecule has 0 aromatic heterocycles. The lowest BCUT2D eigenvalue weighted by molar-refractivity contribution is 0.423. The lowest BCUT2D eigenvalue weighted by atomic mass is 10.1. The fraction of sp³-hybridized carbons (Fsp3) is 0.368. The van der Waals surface area contributed by atoms with Gasteiger partial charge in [-0.1, -0.05) is 24.3 Å². The number of hydrogen-bond acceptors (Lipinski definition) is 2. The van der Waals surface area contributed by atoms with Gasteiger partial charge in [-0.15, -0.1) is 0 Å². The molecule has 0 heterocycles. The summed E-state index contributed by atoms with van der Waals surface area (Å²) in [6, 6.07) is 14.4. The molecule has 0 bridgehead atoms. The molecule has 0 aliphatic carbocycles. The van der Waals surface area contributed by atoms with Crippen molar-refractivity contribution >= 4 is 0 Å². The fourth-order valence-corrected chi connectivity index (χ4v) is 2.09. The maximum atomic E-state index is 5.97. The highest BCUT2D eigenvalue weighted by Crippen LogP contribution is 2.26. The molecule has 0 amide bonds. The molecule has 112 valence electrons. The van der Waals surface area contributed by atoms with Crippen LogP contribution in [-0.2, 0) is 6.54 Å². The average molecular weight is 283 g/mol. The summed E-state index contributed by atoms with van der Waals surface area (Å²) in [5.74, 6) is 1.80. The number of para-hydroxylation sites is 1. The highest BCUT2D eigenvalue weighted by molar-refractivity contribution is 5.40. The van der Waals surface area contributed by atoms with E-state index in [-0.39, 0.29) is 5.54 Å². The van der Waals surface area contributed by atoms with Crippen molar-refractivity contribution in [3.05, 3.63) is 59.2 Å². The monoisotopic (exact) mass is 283 g/mol. The molecule has 2 rings (SSSR count). The summed E-state index contributed by atoms with van der Waals surface area (Å²) in [6.07, 6.45) is 0. The van der Waals surface area contributed by atoms with Crippen molar-refractivity contribution in [3.8, 4) is 11.5 Å². The van der Waals surface area contributed by atoms with E-state index in [1.165, 1.54) is 11.1 Å². The second kappa shape index (κ2) is 6.31. The van der Waals surface area contributed by atoms with Crippen LogP contribution >= 0.6 is 0 Å². The summed E-state index contributed by atoms with van der Waals surface area (Å²) >= 11 is 0. The molecule has 0 fully saturated rings. The largest absolute Gasteiger partial charge is 0.457 e. The van der Waals surface area contributed by atoms with E-state index in [9.17, 15) is 0 Å². The quantitative estimate of drug-likeness (QED) is 0.854. The van der Waals surface area contributed by atoms with E-state index in [1.54, 1.807) is 0 Å². The molecular weight excluding hydrogens is 258 g/mol. The second-order valence-corrected chi connectivity index (χ2v) is 6.56. The standard InChI is InChI=1S/C19H25NO/c1-14-8-6-7-9-18(14)21-17-11-10-16(15(2)12-17)13-20-19(3,4)5/h6-12,20H,13H2,1-5H3. The number of ether oxygens (including phenoxy) is 1. The minimum Gasteiger partial charge on any atom is -0.457 e. The molecule has 0 saturated heterocycles. The molecule has 0 radical (unpaired) electrons. The first-order valence-corrected chi connectivity index (χ1v) is 7.43. The SMILES string of the molecule is Cc1cc(Oc2ccccc2C)ccc1CNC(C)(C)C. The van der Waals surface area contributed by atoms with Crippen LogP contribution in [0.25, 0.3) is 0 Å². The Labute approximate surface area is 128 Å². The summed E-state index contributed by atoms with van der Waals surface area (Å²) in [7, 11) is 0. The van der Waals surface area contributed by atoms with Crippen molar-refractivity contribution in [2.45, 2.75) is 46.7 Å². The van der Waals surface area contributed by atoms with Crippen LogP contribution in [-0.4, -0.2) is 5.54 Å². The average Bonchev–Trinajstić information content (AvgIpc) is 2.39. The van der Waals surface area contributed by atoms with Crippen LogP contribution in [0.15, 0.2) is 42.5 Å². The topological polar surface area (TPSA) is 21.3 Å². The van der Waals surface area contributed by atoms with Gasteiger partial charge < -0.3 is 10.1 Å². The summed E-state index contributed by atoms with van der Waals surface area (Å²) in [5, 5.41) is 3.52. The smallest absolute Gasteiger partial charge is 0.130 e. The number of nitrogens with one attached hydrogen (secondary N) is 1. The summed E-state index contributed by atoms with van der Waals surface area (Å²) in [6.45, 7) is 11.6. The Morgan fingerprint density at radius 3 is 2.29 bits per heavy atom. The van der Waals surface area contributed by atoms with Crippen molar-refractivity contribution in [2.24, 2.45) is 0 Å². The van der Waals surface area contributed by atoms with E-state index in [2.05, 4.69) is 58.1 Å². The highest BCUT2D eigenvalue weighted by atomic mass is 16.5. The van der Waals surface area contributed by atoms with Gasteiger partial charge in [-0.3, -0.25) is 0 Å². The molecule has 2 aromatic carbocycles. The van der Waals surface area contributed by atoms with Gasteiger partial charge in [-0.25, -0.2) is 0 Å². The lowest BCUT2D eigenvalue weighted by Gasteiger charge is -2.21. The van der Waals surface area contributed by atoms with E-state index < -0.39 is 0 Å². The predicted octanol–water partition coefficient (Wildman–Crippen LogP) is 4.98. The first-order valence-electron chi connectivity index (χ1n) is 7.43. The molecule has 1 N–H and O–H groups in total. The molecule has 2 heteroatoms. The third kappa shape index (κ3) is 4.61. The molecule has 0 spiro atoms. The number of aryl methyl sites for hydroxylation is 2. The molecule has 0 aliphatic heterocycles. The molecule has 0 atom stereocenters. The molecule has 2 nitrogen and oxygen atoms in total. The molecule has 2 aromatic rings. The van der Waals surface area contributed by atoms with E-state index in [4.69, 9.17) is 4.74 Å². The lowest BCUT2D eigenvalue weighted by Crippen LogP contribution is -2.35. The number of hydrogen-bond donors (Lipinski definition) is 1. The second-order valence-electron chi connectivity index (χ2n) is 6.56. The number of benzene rings is 2. The Hall–Kier alpha value is -1.80. The third-order valence-electron chi connectivity index (χ3n) is 3.44. The van der Waals surface area contributed by atoms with Gasteiger partial charge in [0.1, 0.15) is 11.5 Å². The van der Waals surface area contributed by atoms with Gasteiger partial charge in [0, 0.05) is 12.1 Å². The Bertz CT molecular complexity index is 611. The van der Waals surface area contributed by atoms with Crippen molar-refractivity contribution in [1.29, 1.82) is 0 Å². The molecule has 0 saturated carbocycles. The predicted molar refractivity (Wildman–Crippen MR) is 89.0 cm³/mol. The van der Waals surface area contributed by atoms with Crippen molar-refractivity contribution in [1.82, 2.24) is 5.32 Å². The van der Waals surface area contributed by atoms with Gasteiger partial charge in [0.05, 0.1) is 0 Å². The Kier molecular flexibility index (Phi) is 4.69. The molecule has 21 heavy (non-hydrogen) atoms. The van der Waals surface area contributed by atoms with Crippen LogP contribution in [0.1, 0.15) is 37.5 Å². The van der Waals surface area contributed by atoms with Gasteiger partial charge >= 0.3 is 0 Å². The maximum absolute atomic E-state index is 5.97. The van der Waals surface area contributed by atoms with E-state index >= 15 is 0 Å². The Balaban J connectivity index is 2.10. The van der Waals surface area contributed by atoms with Crippen LogP contribution in [0.5, 0.6) is 11.5 Å². The zero-order chi connectivity index (χ0) is 15.5. The highest BCUT2D eigenvalue weighted by Gasteiger charge is 2.10. The van der Waals surface area contributed by atoms with Gasteiger partial charge in [0.2, 0.25) is 0 Å². The maximum Gasteiger partial charge on any atom is 0.130 e. The normalized spacial score (nSPS) is 11.5. The van der Waals surface area contributed by atoms with Crippen molar-refractivity contribution < 1.29 is 4.74 Å². The summed E-state index contributed by atoms with van der Waals surface area (Å²) in [5.41, 5.74) is 3.83. The van der Waals surface area contributed by atoms with Crippen molar-refractivity contribution in [2.75, 3.05) is 0 Å². The van der Waals surface area contributed by atoms with E-state index in [1.807, 2.05) is 24.3 Å². The zero-order valence-electron chi connectivity index (χ0n) is 13.7. The first-order chi connectivity index (χ1) is 9.85. The fourth-order valence-electron chi connectivity index (χ4n) is 2.09. The van der Waals surface area contributed by atoms with Crippen molar-refractivity contribution in [3.63, 3.8) is 0 Å². The first kappa shape index (κ1) is 15.6. The number of rotatable bonds is 4. The Morgan fingerprint density at radius 1 is 0.952 bits per heavy atom. The van der Waals surface area contributed by atoms with Gasteiger partial charge in [0.25, 0.3) is 0 Å². The minimum atomic E-state index is 0.128. The third-order valence-corrected chi connectivity index (χ3v) is 3.44. The minimum absolute atomic E-state index is 0.128. The van der Waals surface area contributed by atoms with Crippen LogP contribution in [0.2, 0.25) is 0 Å². The van der Waals surface area contributed by atoms with Gasteiger partial charge in [-0.05, 0) is 69.5 Å². The molecule has 0 aliphatic rings. The zero-order valence-corrected chi connectivity index (χ0v) is 13.7. The van der Waals surface area contributed by atoms with Crippen LogP contribution < -0.4 is 10.1 Å².